The minimum Gasteiger partial charge on any atom is -0.202 e. The Labute approximate surface area is 271 Å². The quantitative estimate of drug-likeness (QED) is 0.218. The minimum atomic E-state index is -7.47. The van der Waals surface area contributed by atoms with Crippen LogP contribution in [0.5, 0.6) is 0 Å². The Morgan fingerprint density at radius 1 is 0.553 bits per heavy atom. The van der Waals surface area contributed by atoms with Gasteiger partial charge in [-0.25, -0.2) is 3.63 Å². The second-order valence-electron chi connectivity index (χ2n) is 13.5. The molecule has 3 aromatic rings. The van der Waals surface area contributed by atoms with Crippen molar-refractivity contribution >= 4 is 20.4 Å². The molecule has 0 aromatic heterocycles. The first-order chi connectivity index (χ1) is 20.9. The summed E-state index contributed by atoms with van der Waals surface area (Å²) >= 11 is 0. The molecule has 3 aromatic carbocycles. The Bertz CT molecular complexity index is 1640. The van der Waals surface area contributed by atoms with Crippen molar-refractivity contribution in [1.29, 1.82) is 0 Å². The van der Waals surface area contributed by atoms with Crippen molar-refractivity contribution in [1.82, 2.24) is 0 Å². The molecule has 0 aliphatic carbocycles. The van der Waals surface area contributed by atoms with Crippen molar-refractivity contribution in [2.75, 3.05) is 0 Å². The van der Waals surface area contributed by atoms with Crippen LogP contribution in [0.4, 0.5) is 39.5 Å². The van der Waals surface area contributed by atoms with Crippen LogP contribution in [0.2, 0.25) is 0 Å². The van der Waals surface area contributed by atoms with Gasteiger partial charge in [0.1, 0.15) is 0 Å². The summed E-state index contributed by atoms with van der Waals surface area (Å²) in [6, 6.07) is 14.7. The van der Waals surface area contributed by atoms with Gasteiger partial charge in [-0.2, -0.15) is 47.9 Å². The molecule has 0 fully saturated rings. The molecule has 3 nitrogen and oxygen atoms in total. The number of aryl methyl sites for hydroxylation is 3. The molecule has 0 aliphatic heterocycles. The Hall–Kier alpha value is -2.71. The maximum absolute atomic E-state index is 15.4. The van der Waals surface area contributed by atoms with E-state index in [1.165, 1.54) is 38.1 Å². The fourth-order valence-electron chi connectivity index (χ4n) is 5.09. The zero-order valence-electron chi connectivity index (χ0n) is 27.2. The van der Waals surface area contributed by atoms with Crippen LogP contribution in [0.15, 0.2) is 75.4 Å². The van der Waals surface area contributed by atoms with Crippen LogP contribution in [0.3, 0.4) is 0 Å². The molecule has 14 heteroatoms. The lowest BCUT2D eigenvalue weighted by atomic mass is 9.87. The van der Waals surface area contributed by atoms with Gasteiger partial charge in [0.2, 0.25) is 0 Å². The topological polar surface area (TPSA) is 43.4 Å². The van der Waals surface area contributed by atoms with Gasteiger partial charge < -0.3 is 0 Å². The van der Waals surface area contributed by atoms with E-state index >= 15 is 8.78 Å². The zero-order valence-corrected chi connectivity index (χ0v) is 28.8. The van der Waals surface area contributed by atoms with Crippen LogP contribution in [-0.4, -0.2) is 31.7 Å². The fraction of sp³-hybridized carbons (Fsp3) is 0.455. The van der Waals surface area contributed by atoms with E-state index < -0.39 is 54.5 Å². The molecule has 3 rings (SSSR count). The first kappa shape index (κ1) is 38.7. The van der Waals surface area contributed by atoms with Crippen LogP contribution >= 0.6 is 10.3 Å². The van der Waals surface area contributed by atoms with Crippen LogP contribution < -0.4 is 0 Å². The number of hydrogen-bond donors (Lipinski definition) is 0. The lowest BCUT2D eigenvalue weighted by molar-refractivity contribution is -0.382. The van der Waals surface area contributed by atoms with Gasteiger partial charge in [-0.1, -0.05) is 83.5 Å². The number of hydrogen-bond acceptors (Lipinski definition) is 3. The standard InChI is InChI=1S/C33H37F9O3S2/c1-20-18-21(2)27(22(3)19-20)46(25-14-10-23(11-15-25)28(4,5)6,26-16-12-24(13-17-26)29(7,8)9)45-47(43,44)33(41,42)31(36,37)30(34,35)32(38,39)40/h10-19H,1-9H3. The van der Waals surface area contributed by atoms with Crippen molar-refractivity contribution < 1.29 is 51.6 Å². The number of alkyl halides is 9. The molecule has 0 spiro atoms. The highest BCUT2D eigenvalue weighted by atomic mass is 32.3. The van der Waals surface area contributed by atoms with Crippen molar-refractivity contribution in [3.05, 3.63) is 88.5 Å². The fourth-order valence-corrected chi connectivity index (χ4v) is 10.7. The van der Waals surface area contributed by atoms with Crippen LogP contribution in [0.1, 0.15) is 69.4 Å². The highest BCUT2D eigenvalue weighted by Crippen LogP contribution is 2.73. The second kappa shape index (κ2) is 12.0. The highest BCUT2D eigenvalue weighted by molar-refractivity contribution is 8.33. The largest absolute Gasteiger partial charge is 0.460 e. The van der Waals surface area contributed by atoms with E-state index in [1.54, 1.807) is 43.3 Å². The Kier molecular flexibility index (Phi) is 9.90. The lowest BCUT2D eigenvalue weighted by Crippen LogP contribution is -2.63. The second-order valence-corrected chi connectivity index (χ2v) is 17.9. The summed E-state index contributed by atoms with van der Waals surface area (Å²) < 4.78 is 159. The molecule has 0 aliphatic rings. The molecular weight excluding hydrogens is 679 g/mol. The predicted molar refractivity (Wildman–Crippen MR) is 164 cm³/mol. The molecule has 47 heavy (non-hydrogen) atoms. The van der Waals surface area contributed by atoms with Crippen LogP contribution in [-0.2, 0) is 24.6 Å². The predicted octanol–water partition coefficient (Wildman–Crippen LogP) is 11.2. The van der Waals surface area contributed by atoms with Gasteiger partial charge in [0.15, 0.2) is 0 Å². The van der Waals surface area contributed by atoms with E-state index in [1.807, 2.05) is 41.5 Å². The molecule has 0 amide bonds. The van der Waals surface area contributed by atoms with Gasteiger partial charge in [-0.15, -0.1) is 0 Å². The average Bonchev–Trinajstić information content (AvgIpc) is 2.90. The summed E-state index contributed by atoms with van der Waals surface area (Å²) in [5.74, 6) is -14.9. The van der Waals surface area contributed by atoms with Gasteiger partial charge in [0.25, 0.3) is 0 Å². The molecule has 0 radical (unpaired) electrons. The van der Waals surface area contributed by atoms with Gasteiger partial charge >= 0.3 is 33.4 Å². The van der Waals surface area contributed by atoms with Crippen LogP contribution in [0.25, 0.3) is 0 Å². The van der Waals surface area contributed by atoms with E-state index in [2.05, 4.69) is 0 Å². The van der Waals surface area contributed by atoms with Crippen molar-refractivity contribution in [2.45, 2.75) is 111 Å². The summed E-state index contributed by atoms with van der Waals surface area (Å²) in [6.07, 6.45) is -7.23. The molecular formula is C33H37F9O3S2. The third-order valence-electron chi connectivity index (χ3n) is 7.62. The Balaban J connectivity index is 2.55. The monoisotopic (exact) mass is 716 g/mol. The van der Waals surface area contributed by atoms with E-state index in [0.29, 0.717) is 16.7 Å². The van der Waals surface area contributed by atoms with Crippen LogP contribution in [0, 0.1) is 20.8 Å². The third kappa shape index (κ3) is 6.66. The SMILES string of the molecule is Cc1cc(C)c(S(OS(=O)(=O)C(F)(F)C(F)(F)C(F)(F)C(F)(F)F)(c2ccc(C(C)(C)C)cc2)c2ccc(C(C)(C)C)cc2)c(C)c1. The third-order valence-corrected chi connectivity index (χ3v) is 13.1. The summed E-state index contributed by atoms with van der Waals surface area (Å²) in [4.78, 5) is -0.274. The van der Waals surface area contributed by atoms with Gasteiger partial charge in [-0.05, 0) is 88.4 Å². The van der Waals surface area contributed by atoms with Gasteiger partial charge in [0, 0.05) is 14.7 Å². The first-order valence-corrected chi connectivity index (χ1v) is 17.2. The zero-order chi connectivity index (χ0) is 36.4. The smallest absolute Gasteiger partial charge is 0.202 e. The average molecular weight is 717 g/mol. The molecule has 0 atom stereocenters. The van der Waals surface area contributed by atoms with Gasteiger partial charge in [0.05, 0.1) is 0 Å². The van der Waals surface area contributed by atoms with E-state index in [4.69, 9.17) is 3.63 Å². The molecule has 0 unspecified atom stereocenters. The van der Waals surface area contributed by atoms with E-state index in [0.717, 1.165) is 0 Å². The normalized spacial score (nSPS) is 14.8. The summed E-state index contributed by atoms with van der Waals surface area (Å²) in [7, 11) is -11.5. The minimum absolute atomic E-state index is 0.0413. The summed E-state index contributed by atoms with van der Waals surface area (Å²) in [6.45, 7) is 15.8. The van der Waals surface area contributed by atoms with Crippen molar-refractivity contribution in [3.8, 4) is 0 Å². The van der Waals surface area contributed by atoms with E-state index in [9.17, 15) is 39.2 Å². The Morgan fingerprint density at radius 2 is 0.894 bits per heavy atom. The Morgan fingerprint density at radius 3 is 1.19 bits per heavy atom. The molecule has 0 saturated heterocycles. The molecule has 262 valence electrons. The van der Waals surface area contributed by atoms with E-state index in [-0.39, 0.29) is 25.8 Å². The molecule has 0 bridgehead atoms. The number of benzene rings is 3. The highest BCUT2D eigenvalue weighted by Gasteiger charge is 2.86. The van der Waals surface area contributed by atoms with Gasteiger partial charge in [-0.3, -0.25) is 0 Å². The molecule has 0 saturated carbocycles. The molecule has 0 N–H and O–H groups in total. The number of rotatable bonds is 8. The van der Waals surface area contributed by atoms with Crippen molar-refractivity contribution in [2.24, 2.45) is 0 Å². The lowest BCUT2D eigenvalue weighted by Gasteiger charge is -2.43. The summed E-state index contributed by atoms with van der Waals surface area (Å²) in [5.41, 5.74) is 1.63. The first-order valence-electron chi connectivity index (χ1n) is 14.2. The van der Waals surface area contributed by atoms with Crippen molar-refractivity contribution in [3.63, 3.8) is 0 Å². The summed E-state index contributed by atoms with van der Waals surface area (Å²) in [5, 5.41) is -7.06. The maximum Gasteiger partial charge on any atom is 0.460 e. The molecule has 0 heterocycles. The number of halogens is 9. The maximum atomic E-state index is 15.4.